The summed E-state index contributed by atoms with van der Waals surface area (Å²) in [6.45, 7) is 5.12. The van der Waals surface area contributed by atoms with Crippen LogP contribution in [-0.4, -0.2) is 12.0 Å². The molecule has 88 valence electrons. The lowest BCUT2D eigenvalue weighted by Crippen LogP contribution is -2.06. The van der Waals surface area contributed by atoms with Gasteiger partial charge in [0.1, 0.15) is 0 Å². The Kier molecular flexibility index (Phi) is 3.55. The van der Waals surface area contributed by atoms with Crippen molar-refractivity contribution >= 4 is 0 Å². The smallest absolute Gasteiger partial charge is 0.0547 e. The van der Waals surface area contributed by atoms with Gasteiger partial charge in [-0.15, -0.1) is 0 Å². The molecule has 17 heavy (non-hydrogen) atoms. The fourth-order valence-corrected chi connectivity index (χ4v) is 1.99. The van der Waals surface area contributed by atoms with Crippen molar-refractivity contribution in [2.75, 3.05) is 7.05 Å². The van der Waals surface area contributed by atoms with Gasteiger partial charge >= 0.3 is 0 Å². The average Bonchev–Trinajstić information content (AvgIpc) is 2.33. The quantitative estimate of drug-likeness (QED) is 0.870. The van der Waals surface area contributed by atoms with Crippen LogP contribution in [-0.2, 0) is 6.54 Å². The summed E-state index contributed by atoms with van der Waals surface area (Å²) >= 11 is 0. The number of benzene rings is 1. The lowest BCUT2D eigenvalue weighted by molar-refractivity contribution is 0.791. The molecule has 0 bridgehead atoms. The number of pyridine rings is 1. The van der Waals surface area contributed by atoms with Crippen LogP contribution in [0.3, 0.4) is 0 Å². The summed E-state index contributed by atoms with van der Waals surface area (Å²) in [4.78, 5) is 4.34. The molecule has 0 saturated heterocycles. The molecule has 0 aliphatic heterocycles. The van der Waals surface area contributed by atoms with Gasteiger partial charge in [-0.05, 0) is 55.3 Å². The molecular weight excluding hydrogens is 208 g/mol. The molecule has 0 fully saturated rings. The maximum Gasteiger partial charge on any atom is 0.0547 e. The molecule has 0 amide bonds. The molecule has 0 spiro atoms. The van der Waals surface area contributed by atoms with Gasteiger partial charge in [0.05, 0.1) is 5.69 Å². The van der Waals surface area contributed by atoms with E-state index in [0.29, 0.717) is 0 Å². The van der Waals surface area contributed by atoms with Crippen LogP contribution in [0.5, 0.6) is 0 Å². The van der Waals surface area contributed by atoms with E-state index in [1.165, 1.54) is 22.3 Å². The van der Waals surface area contributed by atoms with Crippen LogP contribution in [0, 0.1) is 13.8 Å². The highest BCUT2D eigenvalue weighted by atomic mass is 14.8. The van der Waals surface area contributed by atoms with Crippen molar-refractivity contribution in [3.05, 3.63) is 53.3 Å². The number of nitrogens with zero attached hydrogens (tertiary/aromatic N) is 1. The van der Waals surface area contributed by atoms with Gasteiger partial charge in [0.2, 0.25) is 0 Å². The zero-order valence-corrected chi connectivity index (χ0v) is 10.6. The van der Waals surface area contributed by atoms with Gasteiger partial charge in [-0.25, -0.2) is 0 Å². The lowest BCUT2D eigenvalue weighted by atomic mass is 9.97. The Hall–Kier alpha value is -1.67. The third-order valence-corrected chi connectivity index (χ3v) is 3.09. The fourth-order valence-electron chi connectivity index (χ4n) is 1.99. The van der Waals surface area contributed by atoms with E-state index in [-0.39, 0.29) is 0 Å². The molecule has 1 N–H and O–H groups in total. The highest BCUT2D eigenvalue weighted by molar-refractivity contribution is 5.68. The van der Waals surface area contributed by atoms with Crippen LogP contribution < -0.4 is 5.32 Å². The Morgan fingerprint density at radius 2 is 2.00 bits per heavy atom. The molecule has 0 radical (unpaired) electrons. The highest BCUT2D eigenvalue weighted by Gasteiger charge is 2.04. The second kappa shape index (κ2) is 5.11. The van der Waals surface area contributed by atoms with Gasteiger partial charge in [-0.3, -0.25) is 4.98 Å². The molecule has 0 saturated carbocycles. The van der Waals surface area contributed by atoms with E-state index in [1.54, 1.807) is 0 Å². The first-order chi connectivity index (χ1) is 8.22. The maximum atomic E-state index is 4.34. The SMILES string of the molecule is CNCc1cc(-c2cccc(C)c2C)ccn1. The van der Waals surface area contributed by atoms with Crippen LogP contribution in [0.15, 0.2) is 36.5 Å². The minimum atomic E-state index is 0.804. The van der Waals surface area contributed by atoms with Crippen molar-refractivity contribution in [3.63, 3.8) is 0 Å². The topological polar surface area (TPSA) is 24.9 Å². The number of nitrogens with one attached hydrogen (secondary N) is 1. The van der Waals surface area contributed by atoms with E-state index >= 15 is 0 Å². The monoisotopic (exact) mass is 226 g/mol. The predicted octanol–water partition coefficient (Wildman–Crippen LogP) is 3.08. The Morgan fingerprint density at radius 3 is 2.76 bits per heavy atom. The van der Waals surface area contributed by atoms with Gasteiger partial charge < -0.3 is 5.32 Å². The van der Waals surface area contributed by atoms with Crippen LogP contribution in [0.4, 0.5) is 0 Å². The first-order valence-electron chi connectivity index (χ1n) is 5.88. The summed E-state index contributed by atoms with van der Waals surface area (Å²) in [6.07, 6.45) is 1.88. The number of aryl methyl sites for hydroxylation is 1. The summed E-state index contributed by atoms with van der Waals surface area (Å²) in [7, 11) is 1.94. The minimum absolute atomic E-state index is 0.804. The third kappa shape index (κ3) is 2.53. The van der Waals surface area contributed by atoms with Crippen molar-refractivity contribution in [2.24, 2.45) is 0 Å². The molecule has 2 nitrogen and oxygen atoms in total. The normalized spacial score (nSPS) is 10.5. The number of hydrogen-bond acceptors (Lipinski definition) is 2. The van der Waals surface area contributed by atoms with Crippen LogP contribution >= 0.6 is 0 Å². The molecule has 1 aromatic carbocycles. The molecule has 2 rings (SSSR count). The molecule has 0 aliphatic rings. The molecule has 0 unspecified atom stereocenters. The molecule has 2 heteroatoms. The van der Waals surface area contributed by atoms with E-state index in [2.05, 4.69) is 54.5 Å². The molecule has 0 aliphatic carbocycles. The van der Waals surface area contributed by atoms with Gasteiger partial charge in [-0.1, -0.05) is 18.2 Å². The third-order valence-electron chi connectivity index (χ3n) is 3.09. The standard InChI is InChI=1S/C15H18N2/c1-11-5-4-6-15(12(11)2)13-7-8-17-14(9-13)10-16-3/h4-9,16H,10H2,1-3H3. The molecule has 0 atom stereocenters. The maximum absolute atomic E-state index is 4.34. The Bertz CT molecular complexity index is 518. The molecule has 2 aromatic rings. The largest absolute Gasteiger partial charge is 0.314 e. The first kappa shape index (κ1) is 11.8. The summed E-state index contributed by atoms with van der Waals surface area (Å²) in [6, 6.07) is 10.6. The number of rotatable bonds is 3. The number of aromatic nitrogens is 1. The van der Waals surface area contributed by atoms with Crippen molar-refractivity contribution in [3.8, 4) is 11.1 Å². The average molecular weight is 226 g/mol. The zero-order valence-electron chi connectivity index (χ0n) is 10.6. The minimum Gasteiger partial charge on any atom is -0.314 e. The van der Waals surface area contributed by atoms with Crippen molar-refractivity contribution < 1.29 is 0 Å². The van der Waals surface area contributed by atoms with Gasteiger partial charge in [0.15, 0.2) is 0 Å². The second-order valence-electron chi connectivity index (χ2n) is 4.31. The lowest BCUT2D eigenvalue weighted by Gasteiger charge is -2.09. The molecule has 1 aromatic heterocycles. The van der Waals surface area contributed by atoms with Crippen LogP contribution in [0.1, 0.15) is 16.8 Å². The van der Waals surface area contributed by atoms with E-state index in [0.717, 1.165) is 12.2 Å². The van der Waals surface area contributed by atoms with Crippen molar-refractivity contribution in [1.29, 1.82) is 0 Å². The van der Waals surface area contributed by atoms with E-state index in [1.807, 2.05) is 13.2 Å². The summed E-state index contributed by atoms with van der Waals surface area (Å²) < 4.78 is 0. The first-order valence-corrected chi connectivity index (χ1v) is 5.88. The summed E-state index contributed by atoms with van der Waals surface area (Å²) in [5, 5.41) is 3.13. The van der Waals surface area contributed by atoms with Gasteiger partial charge in [0, 0.05) is 12.7 Å². The number of hydrogen-bond donors (Lipinski definition) is 1. The van der Waals surface area contributed by atoms with E-state index < -0.39 is 0 Å². The summed E-state index contributed by atoms with van der Waals surface area (Å²) in [5.41, 5.74) is 6.28. The van der Waals surface area contributed by atoms with Gasteiger partial charge in [0.25, 0.3) is 0 Å². The van der Waals surface area contributed by atoms with Crippen molar-refractivity contribution in [1.82, 2.24) is 10.3 Å². The second-order valence-corrected chi connectivity index (χ2v) is 4.31. The Balaban J connectivity index is 2.45. The molecular formula is C15H18N2. The predicted molar refractivity (Wildman–Crippen MR) is 71.9 cm³/mol. The van der Waals surface area contributed by atoms with Gasteiger partial charge in [-0.2, -0.15) is 0 Å². The fraction of sp³-hybridized carbons (Fsp3) is 0.267. The van der Waals surface area contributed by atoms with Crippen LogP contribution in [0.25, 0.3) is 11.1 Å². The zero-order chi connectivity index (χ0) is 12.3. The van der Waals surface area contributed by atoms with Crippen molar-refractivity contribution in [2.45, 2.75) is 20.4 Å². The molecule has 1 heterocycles. The summed E-state index contributed by atoms with van der Waals surface area (Å²) in [5.74, 6) is 0. The van der Waals surface area contributed by atoms with E-state index in [4.69, 9.17) is 0 Å². The Labute approximate surface area is 103 Å². The van der Waals surface area contributed by atoms with E-state index in [9.17, 15) is 0 Å². The van der Waals surface area contributed by atoms with Crippen LogP contribution in [0.2, 0.25) is 0 Å². The Morgan fingerprint density at radius 1 is 1.18 bits per heavy atom. The highest BCUT2D eigenvalue weighted by Crippen LogP contribution is 2.25.